The van der Waals surface area contributed by atoms with Gasteiger partial charge < -0.3 is 10.6 Å². The van der Waals surface area contributed by atoms with Gasteiger partial charge in [0.1, 0.15) is 0 Å². The minimum absolute atomic E-state index is 0.217. The molecule has 0 amide bonds. The molecule has 5 nitrogen and oxygen atoms in total. The van der Waals surface area contributed by atoms with E-state index in [1.165, 1.54) is 38.5 Å². The van der Waals surface area contributed by atoms with Crippen molar-refractivity contribution in [1.29, 1.82) is 0 Å². The molecular formula is C20H28N4O. The van der Waals surface area contributed by atoms with E-state index in [1.54, 1.807) is 6.20 Å². The maximum atomic E-state index is 12.6. The van der Waals surface area contributed by atoms with Gasteiger partial charge in [0.15, 0.2) is 5.78 Å². The Morgan fingerprint density at radius 1 is 1.16 bits per heavy atom. The van der Waals surface area contributed by atoms with Crippen LogP contribution >= 0.6 is 0 Å². The number of fused-ring (bicyclic) bond motifs is 1. The first-order valence-corrected chi connectivity index (χ1v) is 9.81. The molecule has 1 saturated heterocycles. The quantitative estimate of drug-likeness (QED) is 0.865. The molecule has 2 aliphatic heterocycles. The Kier molecular flexibility index (Phi) is 5.22. The molecule has 134 valence electrons. The second-order valence-electron chi connectivity index (χ2n) is 7.66. The van der Waals surface area contributed by atoms with Crippen molar-refractivity contribution in [3.8, 4) is 0 Å². The van der Waals surface area contributed by atoms with Crippen molar-refractivity contribution in [2.75, 3.05) is 19.6 Å². The van der Waals surface area contributed by atoms with E-state index in [0.717, 1.165) is 48.2 Å². The summed E-state index contributed by atoms with van der Waals surface area (Å²) in [6.07, 6.45) is 9.63. The van der Waals surface area contributed by atoms with E-state index in [2.05, 4.69) is 15.6 Å². The molecule has 5 heteroatoms. The van der Waals surface area contributed by atoms with Crippen molar-refractivity contribution in [2.45, 2.75) is 51.5 Å². The molecule has 3 heterocycles. The lowest BCUT2D eigenvalue weighted by Crippen LogP contribution is -2.33. The highest BCUT2D eigenvalue weighted by Crippen LogP contribution is 2.35. The van der Waals surface area contributed by atoms with Crippen molar-refractivity contribution in [3.63, 3.8) is 0 Å². The number of hydrogen-bond acceptors (Lipinski definition) is 5. The number of aromatic nitrogens is 1. The van der Waals surface area contributed by atoms with Gasteiger partial charge in [0.2, 0.25) is 0 Å². The van der Waals surface area contributed by atoms with Crippen molar-refractivity contribution in [1.82, 2.24) is 15.6 Å². The molecule has 0 atom stereocenters. The van der Waals surface area contributed by atoms with Crippen LogP contribution < -0.4 is 10.6 Å². The van der Waals surface area contributed by atoms with Crippen LogP contribution in [0.5, 0.6) is 0 Å². The Balaban J connectivity index is 1.48. The Bertz CT molecular complexity index is 658. The number of carbonyl (C=O) groups excluding carboxylic acids is 1. The summed E-state index contributed by atoms with van der Waals surface area (Å²) in [6.45, 7) is 3.95. The van der Waals surface area contributed by atoms with Gasteiger partial charge in [0, 0.05) is 30.4 Å². The van der Waals surface area contributed by atoms with Gasteiger partial charge in [-0.2, -0.15) is 0 Å². The number of piperidine rings is 1. The third kappa shape index (κ3) is 3.82. The smallest absolute Gasteiger partial charge is 0.170 e. The third-order valence-electron chi connectivity index (χ3n) is 5.91. The number of Topliss-reactive ketones (excluding diaryl/α,β-unsaturated/α-hetero) is 1. The number of hydrogen-bond donors (Lipinski definition) is 2. The molecule has 0 unspecified atom stereocenters. The fraction of sp³-hybridized carbons (Fsp3) is 0.650. The van der Waals surface area contributed by atoms with Gasteiger partial charge in [-0.1, -0.05) is 12.8 Å². The van der Waals surface area contributed by atoms with Gasteiger partial charge in [-0.25, -0.2) is 0 Å². The van der Waals surface area contributed by atoms with Gasteiger partial charge in [0.05, 0.1) is 11.4 Å². The molecule has 0 radical (unpaired) electrons. The Morgan fingerprint density at radius 3 is 2.76 bits per heavy atom. The van der Waals surface area contributed by atoms with Gasteiger partial charge >= 0.3 is 0 Å². The average Bonchev–Trinajstić information content (AvgIpc) is 3.18. The average molecular weight is 340 g/mol. The SMILES string of the molecule is O=C1CC(C2CCCC2)=Nc2c1ccnc2CNCC1CCNCC1. The van der Waals surface area contributed by atoms with Crippen LogP contribution in [0.25, 0.3) is 0 Å². The van der Waals surface area contributed by atoms with Crippen LogP contribution in [0, 0.1) is 11.8 Å². The zero-order chi connectivity index (χ0) is 17.1. The first kappa shape index (κ1) is 16.9. The fourth-order valence-corrected chi connectivity index (χ4v) is 4.39. The summed E-state index contributed by atoms with van der Waals surface area (Å²) in [4.78, 5) is 22.1. The summed E-state index contributed by atoms with van der Waals surface area (Å²) in [6, 6.07) is 1.84. The molecule has 0 bridgehead atoms. The van der Waals surface area contributed by atoms with Crippen LogP contribution in [0.15, 0.2) is 17.3 Å². The minimum Gasteiger partial charge on any atom is -0.317 e. The standard InChI is InChI=1S/C20H28N4O/c25-19-11-17(15-3-1-2-4-15)24-20-16(19)7-10-23-18(20)13-22-12-14-5-8-21-9-6-14/h7,10,14-15,21-22H,1-6,8-9,11-13H2. The number of nitrogens with one attached hydrogen (secondary N) is 2. The van der Waals surface area contributed by atoms with Crippen LogP contribution in [-0.4, -0.2) is 36.1 Å². The van der Waals surface area contributed by atoms with Crippen LogP contribution in [0.3, 0.4) is 0 Å². The van der Waals surface area contributed by atoms with E-state index in [1.807, 2.05) is 6.07 Å². The van der Waals surface area contributed by atoms with Crippen LogP contribution in [0.4, 0.5) is 5.69 Å². The van der Waals surface area contributed by atoms with Gasteiger partial charge in [-0.15, -0.1) is 0 Å². The van der Waals surface area contributed by atoms with E-state index in [-0.39, 0.29) is 5.78 Å². The van der Waals surface area contributed by atoms with Gasteiger partial charge in [-0.3, -0.25) is 14.8 Å². The van der Waals surface area contributed by atoms with Crippen molar-refractivity contribution >= 4 is 17.2 Å². The van der Waals surface area contributed by atoms with E-state index in [0.29, 0.717) is 18.9 Å². The summed E-state index contributed by atoms with van der Waals surface area (Å²) in [5.74, 6) is 1.46. The van der Waals surface area contributed by atoms with Gasteiger partial charge in [-0.05, 0) is 63.2 Å². The summed E-state index contributed by atoms with van der Waals surface area (Å²) in [5, 5.41) is 6.95. The van der Waals surface area contributed by atoms with Crippen molar-refractivity contribution < 1.29 is 4.79 Å². The van der Waals surface area contributed by atoms with E-state index >= 15 is 0 Å². The predicted molar refractivity (Wildman–Crippen MR) is 99.5 cm³/mol. The number of rotatable bonds is 5. The summed E-state index contributed by atoms with van der Waals surface area (Å²) in [5.41, 5.74) is 3.62. The van der Waals surface area contributed by atoms with Crippen LogP contribution in [-0.2, 0) is 6.54 Å². The van der Waals surface area contributed by atoms with Gasteiger partial charge in [0.25, 0.3) is 0 Å². The Labute approximate surface area is 149 Å². The number of nitrogens with zero attached hydrogens (tertiary/aromatic N) is 2. The lowest BCUT2D eigenvalue weighted by Gasteiger charge is -2.23. The van der Waals surface area contributed by atoms with E-state index in [9.17, 15) is 4.79 Å². The molecule has 4 rings (SSSR count). The van der Waals surface area contributed by atoms with Crippen molar-refractivity contribution in [3.05, 3.63) is 23.5 Å². The highest BCUT2D eigenvalue weighted by molar-refractivity contribution is 6.16. The maximum absolute atomic E-state index is 12.6. The largest absolute Gasteiger partial charge is 0.317 e. The predicted octanol–water partition coefficient (Wildman–Crippen LogP) is 3.02. The second kappa shape index (κ2) is 7.75. The molecular weight excluding hydrogens is 312 g/mol. The molecule has 1 aromatic heterocycles. The number of carbonyl (C=O) groups is 1. The van der Waals surface area contributed by atoms with E-state index in [4.69, 9.17) is 4.99 Å². The second-order valence-corrected chi connectivity index (χ2v) is 7.66. The van der Waals surface area contributed by atoms with Crippen LogP contribution in [0.1, 0.15) is 61.0 Å². The summed E-state index contributed by atoms with van der Waals surface area (Å²) >= 11 is 0. The zero-order valence-corrected chi connectivity index (χ0v) is 14.9. The molecule has 25 heavy (non-hydrogen) atoms. The molecule has 0 spiro atoms. The lowest BCUT2D eigenvalue weighted by atomic mass is 9.91. The lowest BCUT2D eigenvalue weighted by molar-refractivity contribution is 0.0998. The molecule has 0 aromatic carbocycles. The summed E-state index contributed by atoms with van der Waals surface area (Å²) in [7, 11) is 0. The number of aliphatic imine (C=N–C) groups is 1. The number of ketones is 1. The monoisotopic (exact) mass is 340 g/mol. The topological polar surface area (TPSA) is 66.4 Å². The third-order valence-corrected chi connectivity index (χ3v) is 5.91. The zero-order valence-electron chi connectivity index (χ0n) is 14.9. The van der Waals surface area contributed by atoms with Crippen LogP contribution in [0.2, 0.25) is 0 Å². The molecule has 1 saturated carbocycles. The first-order chi connectivity index (χ1) is 12.3. The first-order valence-electron chi connectivity index (χ1n) is 9.81. The molecule has 2 fully saturated rings. The highest BCUT2D eigenvalue weighted by Gasteiger charge is 2.29. The fourth-order valence-electron chi connectivity index (χ4n) is 4.39. The Morgan fingerprint density at radius 2 is 1.96 bits per heavy atom. The normalized spacial score (nSPS) is 22.1. The highest BCUT2D eigenvalue weighted by atomic mass is 16.1. The molecule has 1 aromatic rings. The maximum Gasteiger partial charge on any atom is 0.170 e. The summed E-state index contributed by atoms with van der Waals surface area (Å²) < 4.78 is 0. The molecule has 1 aliphatic carbocycles. The Hall–Kier alpha value is -1.59. The van der Waals surface area contributed by atoms with E-state index < -0.39 is 0 Å². The van der Waals surface area contributed by atoms with Crippen molar-refractivity contribution in [2.24, 2.45) is 16.8 Å². The number of pyridine rings is 1. The molecule has 3 aliphatic rings. The molecule has 2 N–H and O–H groups in total. The minimum atomic E-state index is 0.217.